The summed E-state index contributed by atoms with van der Waals surface area (Å²) in [6.45, 7) is 26.8. The summed E-state index contributed by atoms with van der Waals surface area (Å²) in [5.41, 5.74) is 11.4. The molecule has 1 aliphatic carbocycles. The molecule has 1 aliphatic rings. The highest BCUT2D eigenvalue weighted by Crippen LogP contribution is 2.38. The van der Waals surface area contributed by atoms with Crippen LogP contribution in [0.4, 0.5) is 0 Å². The van der Waals surface area contributed by atoms with E-state index in [4.69, 9.17) is 11.6 Å². The van der Waals surface area contributed by atoms with Crippen LogP contribution in [0.3, 0.4) is 0 Å². The maximum absolute atomic E-state index is 13.1. The van der Waals surface area contributed by atoms with Crippen molar-refractivity contribution in [3.63, 3.8) is 0 Å². The fourth-order valence-corrected chi connectivity index (χ4v) is 12.9. The van der Waals surface area contributed by atoms with Gasteiger partial charge in [-0.3, -0.25) is 9.59 Å². The molecule has 0 bridgehead atoms. The third-order valence-electron chi connectivity index (χ3n) is 6.89. The van der Waals surface area contributed by atoms with Crippen LogP contribution in [0.15, 0.2) is 54.6 Å². The second kappa shape index (κ2) is 13.7. The molecule has 232 valence electrons. The van der Waals surface area contributed by atoms with Gasteiger partial charge in [0.1, 0.15) is 16.1 Å². The first kappa shape index (κ1) is 36.3. The zero-order valence-corrected chi connectivity index (χ0v) is 33.6. The Morgan fingerprint density at radius 2 is 1.18 bits per heavy atom. The van der Waals surface area contributed by atoms with Crippen LogP contribution >= 0.6 is 11.6 Å². The largest absolute Gasteiger partial charge is 0.289 e. The first-order chi connectivity index (χ1) is 20.6. The van der Waals surface area contributed by atoms with Crippen molar-refractivity contribution in [3.05, 3.63) is 81.9 Å². The van der Waals surface area contributed by atoms with Crippen LogP contribution in [0, 0.1) is 34.8 Å². The van der Waals surface area contributed by atoms with Gasteiger partial charge >= 0.3 is 0 Å². The minimum absolute atomic E-state index is 0.162. The number of hydrogen-bond donors (Lipinski definition) is 0. The molecule has 0 N–H and O–H groups in total. The molecule has 0 atom stereocenters. The summed E-state index contributed by atoms with van der Waals surface area (Å²) in [7, 11) is -6.36. The number of carbonyl (C=O) groups excluding carboxylic acids is 2. The molecular formula is C38H45ClO2Si4. The van der Waals surface area contributed by atoms with Crippen molar-refractivity contribution in [2.75, 3.05) is 0 Å². The lowest BCUT2D eigenvalue weighted by atomic mass is 10.0. The summed E-state index contributed by atoms with van der Waals surface area (Å²) in [6.07, 6.45) is 0. The van der Waals surface area contributed by atoms with Gasteiger partial charge in [-0.25, -0.2) is 0 Å². The summed E-state index contributed by atoms with van der Waals surface area (Å²) in [4.78, 5) is 25.4. The summed E-state index contributed by atoms with van der Waals surface area (Å²) in [6, 6.07) is 17.3. The summed E-state index contributed by atoms with van der Waals surface area (Å²) >= 11 is 6.76. The van der Waals surface area contributed by atoms with Gasteiger partial charge < -0.3 is 0 Å². The van der Waals surface area contributed by atoms with Crippen LogP contribution in [0.25, 0.3) is 11.1 Å². The number of fused-ring (bicyclic) bond motifs is 3. The smallest absolute Gasteiger partial charge is 0.236 e. The standard InChI is InChI=1S/C19H23ClOSi2.C19H22OSi2/c1-22(2,3)18-15(20)11-14-12-9-7-8-10-13(12)17(21)16(14)19(18)23(4,5)6;1-21(2,3)15-10-9-12-17-11-7-8-13-18(17)19(20)14-16-22(4,5)6/h7-11H,1-6H3;7-8,11,13H,1-6H3. The predicted octanol–water partition coefficient (Wildman–Crippen LogP) is 8.62. The molecule has 4 rings (SSSR count). The Balaban J connectivity index is 0.000000246. The van der Waals surface area contributed by atoms with Crippen LogP contribution in [-0.4, -0.2) is 43.9 Å². The normalized spacial score (nSPS) is 12.2. The quantitative estimate of drug-likeness (QED) is 0.123. The molecule has 3 aromatic rings. The highest BCUT2D eigenvalue weighted by atomic mass is 35.5. The van der Waals surface area contributed by atoms with Crippen LogP contribution < -0.4 is 10.4 Å². The molecule has 0 spiro atoms. The van der Waals surface area contributed by atoms with Gasteiger partial charge in [-0.15, -0.1) is 11.1 Å². The van der Waals surface area contributed by atoms with E-state index in [0.29, 0.717) is 11.1 Å². The Morgan fingerprint density at radius 3 is 1.73 bits per heavy atom. The zero-order valence-electron chi connectivity index (χ0n) is 28.9. The van der Waals surface area contributed by atoms with E-state index in [0.717, 1.165) is 27.3 Å². The third kappa shape index (κ3) is 9.43. The Labute approximate surface area is 280 Å². The molecule has 0 unspecified atom stereocenters. The van der Waals surface area contributed by atoms with Gasteiger partial charge in [-0.05, 0) is 57.5 Å². The fourth-order valence-electron chi connectivity index (χ4n) is 5.05. The second-order valence-corrected chi connectivity index (χ2v) is 35.4. The van der Waals surface area contributed by atoms with Crippen molar-refractivity contribution in [1.29, 1.82) is 0 Å². The SMILES string of the molecule is C[Si](C)(C)C#CC#Cc1ccccc1C(=O)C#C[Si](C)(C)C.C[Si](C)(C)c1c(Cl)cc2c(c1[Si](C)(C)C)C(=O)c1ccccc1-2. The maximum Gasteiger partial charge on any atom is 0.236 e. The van der Waals surface area contributed by atoms with Crippen LogP contribution in [0.2, 0.25) is 83.6 Å². The lowest BCUT2D eigenvalue weighted by molar-refractivity contribution is 0.104. The van der Waals surface area contributed by atoms with Crippen LogP contribution in [-0.2, 0) is 0 Å². The van der Waals surface area contributed by atoms with Gasteiger partial charge in [0.05, 0.1) is 16.1 Å². The van der Waals surface area contributed by atoms with Gasteiger partial charge in [0.25, 0.3) is 0 Å². The number of ketones is 2. The van der Waals surface area contributed by atoms with E-state index in [2.05, 4.69) is 113 Å². The Hall–Kier alpha value is -3.16. The second-order valence-electron chi connectivity index (χ2n) is 15.5. The first-order valence-corrected chi connectivity index (χ1v) is 29.7. The van der Waals surface area contributed by atoms with E-state index < -0.39 is 32.3 Å². The Kier molecular flexibility index (Phi) is 11.0. The minimum Gasteiger partial charge on any atom is -0.289 e. The van der Waals surface area contributed by atoms with Gasteiger partial charge in [0.15, 0.2) is 5.78 Å². The molecule has 0 saturated carbocycles. The van der Waals surface area contributed by atoms with E-state index in [-0.39, 0.29) is 11.6 Å². The highest BCUT2D eigenvalue weighted by molar-refractivity contribution is 7.00. The van der Waals surface area contributed by atoms with E-state index >= 15 is 0 Å². The van der Waals surface area contributed by atoms with Gasteiger partial charge in [0, 0.05) is 27.3 Å². The molecule has 45 heavy (non-hydrogen) atoms. The van der Waals surface area contributed by atoms with Gasteiger partial charge in [-0.1, -0.05) is 132 Å². The number of Topliss-reactive ketones (excluding diaryl/α,β-unsaturated/α-hetero) is 1. The van der Waals surface area contributed by atoms with Crippen molar-refractivity contribution in [2.45, 2.75) is 78.6 Å². The number of hydrogen-bond acceptors (Lipinski definition) is 2. The summed E-state index contributed by atoms with van der Waals surface area (Å²) in [5.74, 6) is 11.5. The monoisotopic (exact) mass is 680 g/mol. The number of rotatable bonds is 3. The zero-order chi connectivity index (χ0) is 34.0. The average molecular weight is 682 g/mol. The van der Waals surface area contributed by atoms with Gasteiger partial charge in [0.2, 0.25) is 5.78 Å². The van der Waals surface area contributed by atoms with Crippen LogP contribution in [0.5, 0.6) is 0 Å². The minimum atomic E-state index is -1.73. The summed E-state index contributed by atoms with van der Waals surface area (Å²) < 4.78 is 0. The number of carbonyl (C=O) groups is 2. The van der Waals surface area contributed by atoms with Gasteiger partial charge in [-0.2, -0.15) is 0 Å². The Bertz CT molecular complexity index is 1840. The van der Waals surface area contributed by atoms with E-state index in [9.17, 15) is 9.59 Å². The molecule has 0 aromatic heterocycles. The molecule has 0 amide bonds. The molecule has 0 saturated heterocycles. The topological polar surface area (TPSA) is 34.1 Å². The molecule has 2 nitrogen and oxygen atoms in total. The molecule has 7 heteroatoms. The fraction of sp³-hybridized carbons (Fsp3) is 0.316. The molecule has 0 radical (unpaired) electrons. The predicted molar refractivity (Wildman–Crippen MR) is 206 cm³/mol. The van der Waals surface area contributed by atoms with Crippen molar-refractivity contribution in [3.8, 4) is 45.9 Å². The third-order valence-corrected chi connectivity index (χ3v) is 13.4. The molecule has 0 fully saturated rings. The van der Waals surface area contributed by atoms with E-state index in [1.165, 1.54) is 10.4 Å². The average Bonchev–Trinajstić information content (AvgIpc) is 3.18. The maximum atomic E-state index is 13.1. The molecule has 0 heterocycles. The highest BCUT2D eigenvalue weighted by Gasteiger charge is 2.39. The lowest BCUT2D eigenvalue weighted by Crippen LogP contribution is -2.58. The van der Waals surface area contributed by atoms with Crippen LogP contribution in [0.1, 0.15) is 31.8 Å². The first-order valence-electron chi connectivity index (χ1n) is 15.3. The van der Waals surface area contributed by atoms with Crippen molar-refractivity contribution < 1.29 is 9.59 Å². The van der Waals surface area contributed by atoms with Crippen molar-refractivity contribution in [1.82, 2.24) is 0 Å². The lowest BCUT2D eigenvalue weighted by Gasteiger charge is -2.31. The molecular weight excluding hydrogens is 636 g/mol. The number of halogens is 1. The molecule has 3 aromatic carbocycles. The summed E-state index contributed by atoms with van der Waals surface area (Å²) in [5, 5.41) is 3.43. The van der Waals surface area contributed by atoms with E-state index in [1.807, 2.05) is 48.5 Å². The Morgan fingerprint density at radius 1 is 0.644 bits per heavy atom. The molecule has 0 aliphatic heterocycles. The van der Waals surface area contributed by atoms with Crippen molar-refractivity contribution >= 4 is 65.8 Å². The number of benzene rings is 3. The van der Waals surface area contributed by atoms with Crippen molar-refractivity contribution in [2.24, 2.45) is 0 Å². The van der Waals surface area contributed by atoms with E-state index in [1.54, 1.807) is 6.07 Å².